The Morgan fingerprint density at radius 3 is 2.86 bits per heavy atom. The van der Waals surface area contributed by atoms with Crippen molar-refractivity contribution in [2.45, 2.75) is 25.9 Å². The molecule has 21 heavy (non-hydrogen) atoms. The van der Waals surface area contributed by atoms with Crippen LogP contribution in [0.3, 0.4) is 0 Å². The molecule has 2 N–H and O–H groups in total. The molecule has 0 spiro atoms. The molecule has 0 aliphatic rings. The summed E-state index contributed by atoms with van der Waals surface area (Å²) in [4.78, 5) is 8.97. The number of nitrogens with two attached hydrogens (primary N) is 1. The summed E-state index contributed by atoms with van der Waals surface area (Å²) in [6, 6.07) is 10.6. The molecule has 0 bridgehead atoms. The molecule has 0 aliphatic heterocycles. The van der Waals surface area contributed by atoms with Crippen LogP contribution in [0, 0.1) is 18.3 Å². The number of thiophene rings is 1. The quantitative estimate of drug-likeness (QED) is 0.854. The summed E-state index contributed by atoms with van der Waals surface area (Å²) < 4.78 is 0. The van der Waals surface area contributed by atoms with Crippen molar-refractivity contribution in [1.29, 1.82) is 5.26 Å². The maximum absolute atomic E-state index is 8.89. The summed E-state index contributed by atoms with van der Waals surface area (Å²) >= 11 is 1.77. The molecule has 0 aromatic carbocycles. The van der Waals surface area contributed by atoms with Crippen molar-refractivity contribution in [1.82, 2.24) is 9.88 Å². The fraction of sp³-hybridized carbons (Fsp3) is 0.375. The second kappa shape index (κ2) is 7.89. The number of aryl methyl sites for hydroxylation is 1. The first kappa shape index (κ1) is 15.6. The average Bonchev–Trinajstić information content (AvgIpc) is 2.92. The van der Waals surface area contributed by atoms with E-state index in [2.05, 4.69) is 41.1 Å². The van der Waals surface area contributed by atoms with E-state index in [-0.39, 0.29) is 6.04 Å². The Morgan fingerprint density at radius 1 is 1.43 bits per heavy atom. The molecule has 0 amide bonds. The lowest BCUT2D eigenvalue weighted by Crippen LogP contribution is -2.33. The van der Waals surface area contributed by atoms with Crippen LogP contribution >= 0.6 is 11.3 Å². The van der Waals surface area contributed by atoms with Gasteiger partial charge < -0.3 is 5.73 Å². The van der Waals surface area contributed by atoms with Gasteiger partial charge in [-0.15, -0.1) is 11.3 Å². The molecule has 0 saturated heterocycles. The van der Waals surface area contributed by atoms with Gasteiger partial charge in [-0.1, -0.05) is 6.07 Å². The Balaban J connectivity index is 2.19. The second-order valence-electron chi connectivity index (χ2n) is 4.94. The van der Waals surface area contributed by atoms with Crippen LogP contribution in [-0.2, 0) is 6.54 Å². The topological polar surface area (TPSA) is 65.9 Å². The largest absolute Gasteiger partial charge is 0.329 e. The zero-order valence-electron chi connectivity index (χ0n) is 12.2. The van der Waals surface area contributed by atoms with Crippen LogP contribution in [0.2, 0.25) is 0 Å². The fourth-order valence-electron chi connectivity index (χ4n) is 2.34. The highest BCUT2D eigenvalue weighted by molar-refractivity contribution is 7.12. The molecule has 2 heterocycles. The molecule has 0 fully saturated rings. The fourth-order valence-corrected chi connectivity index (χ4v) is 3.37. The van der Waals surface area contributed by atoms with E-state index in [0.717, 1.165) is 12.1 Å². The third-order valence-electron chi connectivity index (χ3n) is 3.37. The van der Waals surface area contributed by atoms with E-state index < -0.39 is 0 Å². The minimum atomic E-state index is 0.150. The maximum Gasteiger partial charge on any atom is 0.0635 e. The third-order valence-corrected chi connectivity index (χ3v) is 4.47. The van der Waals surface area contributed by atoms with Crippen molar-refractivity contribution in [3.05, 3.63) is 52.0 Å². The molecule has 2 rings (SSSR count). The summed E-state index contributed by atoms with van der Waals surface area (Å²) in [5, 5.41) is 8.89. The number of hydrogen-bond donors (Lipinski definition) is 1. The number of hydrogen-bond acceptors (Lipinski definition) is 5. The first-order valence-electron chi connectivity index (χ1n) is 7.01. The Morgan fingerprint density at radius 2 is 2.29 bits per heavy atom. The zero-order chi connectivity index (χ0) is 15.1. The van der Waals surface area contributed by atoms with Crippen LogP contribution in [0.4, 0.5) is 0 Å². The first-order valence-corrected chi connectivity index (χ1v) is 7.82. The number of nitriles is 1. The highest BCUT2D eigenvalue weighted by Gasteiger charge is 2.20. The summed E-state index contributed by atoms with van der Waals surface area (Å²) in [6.45, 7) is 4.12. The molecule has 2 aromatic rings. The average molecular weight is 300 g/mol. The predicted molar refractivity (Wildman–Crippen MR) is 85.7 cm³/mol. The van der Waals surface area contributed by atoms with Crippen LogP contribution < -0.4 is 5.73 Å². The summed E-state index contributed by atoms with van der Waals surface area (Å²) in [5.41, 5.74) is 7.15. The van der Waals surface area contributed by atoms with Crippen LogP contribution in [-0.4, -0.2) is 23.0 Å². The number of rotatable bonds is 7. The normalized spacial score (nSPS) is 12.3. The SMILES string of the molecule is Cc1ccc(C(CN)N(CCC#N)Cc2cccnc2)s1. The van der Waals surface area contributed by atoms with E-state index in [1.807, 2.05) is 12.3 Å². The third kappa shape index (κ3) is 4.36. The van der Waals surface area contributed by atoms with Crippen molar-refractivity contribution < 1.29 is 0 Å². The Bertz CT molecular complexity index is 588. The molecule has 0 radical (unpaired) electrons. The maximum atomic E-state index is 8.89. The highest BCUT2D eigenvalue weighted by Crippen LogP contribution is 2.28. The highest BCUT2D eigenvalue weighted by atomic mass is 32.1. The number of pyridine rings is 1. The monoisotopic (exact) mass is 300 g/mol. The van der Waals surface area contributed by atoms with E-state index >= 15 is 0 Å². The van der Waals surface area contributed by atoms with Gasteiger partial charge in [0.05, 0.1) is 12.1 Å². The van der Waals surface area contributed by atoms with E-state index in [0.29, 0.717) is 19.5 Å². The van der Waals surface area contributed by atoms with Crippen molar-refractivity contribution in [3.63, 3.8) is 0 Å². The Labute approximate surface area is 129 Å². The van der Waals surface area contributed by atoms with Crippen LogP contribution in [0.1, 0.15) is 27.8 Å². The van der Waals surface area contributed by atoms with Gasteiger partial charge in [0.25, 0.3) is 0 Å². The Kier molecular flexibility index (Phi) is 5.88. The molecule has 0 aliphatic carbocycles. The summed E-state index contributed by atoms with van der Waals surface area (Å²) in [7, 11) is 0. The van der Waals surface area contributed by atoms with E-state index in [9.17, 15) is 0 Å². The van der Waals surface area contributed by atoms with E-state index in [1.54, 1.807) is 17.5 Å². The molecule has 0 saturated carbocycles. The smallest absolute Gasteiger partial charge is 0.0635 e. The molecular formula is C16H20N4S. The molecule has 1 atom stereocenters. The minimum Gasteiger partial charge on any atom is -0.329 e. The summed E-state index contributed by atoms with van der Waals surface area (Å²) in [5.74, 6) is 0. The van der Waals surface area contributed by atoms with Crippen molar-refractivity contribution in [2.75, 3.05) is 13.1 Å². The van der Waals surface area contributed by atoms with Crippen molar-refractivity contribution in [3.8, 4) is 6.07 Å². The lowest BCUT2D eigenvalue weighted by atomic mass is 10.1. The molecule has 5 heteroatoms. The van der Waals surface area contributed by atoms with Gasteiger partial charge in [-0.25, -0.2) is 0 Å². The number of aromatic nitrogens is 1. The van der Waals surface area contributed by atoms with Gasteiger partial charge in [-0.05, 0) is 30.7 Å². The van der Waals surface area contributed by atoms with Crippen LogP contribution in [0.5, 0.6) is 0 Å². The van der Waals surface area contributed by atoms with Gasteiger partial charge in [0.2, 0.25) is 0 Å². The summed E-state index contributed by atoms with van der Waals surface area (Å²) in [6.07, 6.45) is 4.14. The van der Waals surface area contributed by atoms with Gasteiger partial charge >= 0.3 is 0 Å². The first-order chi connectivity index (χ1) is 10.2. The molecular weight excluding hydrogens is 280 g/mol. The van der Waals surface area contributed by atoms with Crippen molar-refractivity contribution in [2.24, 2.45) is 5.73 Å². The molecule has 4 nitrogen and oxygen atoms in total. The van der Waals surface area contributed by atoms with Gasteiger partial charge in [-0.3, -0.25) is 9.88 Å². The molecule has 2 aromatic heterocycles. The van der Waals surface area contributed by atoms with Crippen LogP contribution in [0.15, 0.2) is 36.7 Å². The van der Waals surface area contributed by atoms with Gasteiger partial charge in [0.15, 0.2) is 0 Å². The second-order valence-corrected chi connectivity index (χ2v) is 6.26. The van der Waals surface area contributed by atoms with Gasteiger partial charge in [0, 0.05) is 48.2 Å². The van der Waals surface area contributed by atoms with Gasteiger partial charge in [-0.2, -0.15) is 5.26 Å². The minimum absolute atomic E-state index is 0.150. The lowest BCUT2D eigenvalue weighted by molar-refractivity contribution is 0.199. The number of nitrogens with zero attached hydrogens (tertiary/aromatic N) is 3. The molecule has 1 unspecified atom stereocenters. The van der Waals surface area contributed by atoms with E-state index in [1.165, 1.54) is 9.75 Å². The van der Waals surface area contributed by atoms with E-state index in [4.69, 9.17) is 11.0 Å². The molecule has 110 valence electrons. The Hall–Kier alpha value is -1.74. The van der Waals surface area contributed by atoms with Gasteiger partial charge in [0.1, 0.15) is 0 Å². The van der Waals surface area contributed by atoms with Crippen LogP contribution in [0.25, 0.3) is 0 Å². The van der Waals surface area contributed by atoms with Crippen molar-refractivity contribution >= 4 is 11.3 Å². The standard InChI is InChI=1S/C16H20N4S/c1-13-5-6-16(21-13)15(10-18)20(9-3-7-17)12-14-4-2-8-19-11-14/h2,4-6,8,11,15H,3,9-10,12,18H2,1H3. The zero-order valence-corrected chi connectivity index (χ0v) is 13.0. The lowest BCUT2D eigenvalue weighted by Gasteiger charge is -2.29. The predicted octanol–water partition coefficient (Wildman–Crippen LogP) is 2.87.